The van der Waals surface area contributed by atoms with Gasteiger partial charge in [-0.3, -0.25) is 9.69 Å². The van der Waals surface area contributed by atoms with Crippen molar-refractivity contribution in [3.8, 4) is 0 Å². The maximum Gasteiger partial charge on any atom is 0.243 e. The molecule has 7 heteroatoms. The molecular weight excluding hydrogens is 400 g/mol. The van der Waals surface area contributed by atoms with Gasteiger partial charge in [-0.05, 0) is 51.1 Å². The number of piperidine rings is 1. The van der Waals surface area contributed by atoms with E-state index in [0.29, 0.717) is 27.9 Å². The second-order valence-electron chi connectivity index (χ2n) is 6.94. The van der Waals surface area contributed by atoms with E-state index in [0.717, 1.165) is 31.5 Å². The molecule has 4 nitrogen and oxygen atoms in total. The zero-order valence-corrected chi connectivity index (χ0v) is 17.1. The minimum Gasteiger partial charge on any atom is -0.299 e. The van der Waals surface area contributed by atoms with Crippen molar-refractivity contribution in [2.45, 2.75) is 26.3 Å². The quantitative estimate of drug-likeness (QED) is 0.551. The number of carbonyl (C=O) groups is 1. The fourth-order valence-corrected chi connectivity index (χ4v) is 3.84. The Labute approximate surface area is 174 Å². The molecule has 0 bridgehead atoms. The molecule has 1 aliphatic rings. The fraction of sp³-hybridized carbons (Fsp3) is 0.333. The molecule has 0 saturated carbocycles. The molecule has 28 heavy (non-hydrogen) atoms. The van der Waals surface area contributed by atoms with Crippen LogP contribution in [-0.4, -0.2) is 29.6 Å². The summed E-state index contributed by atoms with van der Waals surface area (Å²) in [5.74, 6) is -0.392. The van der Waals surface area contributed by atoms with Crippen LogP contribution in [0.25, 0.3) is 0 Å². The first-order valence-electron chi connectivity index (χ1n) is 9.19. The number of hydrogen-bond acceptors (Lipinski definition) is 3. The smallest absolute Gasteiger partial charge is 0.243 e. The first-order valence-corrected chi connectivity index (χ1v) is 9.95. The Morgan fingerprint density at radius 2 is 1.93 bits per heavy atom. The molecule has 1 fully saturated rings. The maximum absolute atomic E-state index is 13.8. The van der Waals surface area contributed by atoms with Crippen LogP contribution in [0, 0.1) is 11.7 Å². The van der Waals surface area contributed by atoms with E-state index >= 15 is 0 Å². The molecule has 2 aromatic carbocycles. The first-order chi connectivity index (χ1) is 13.4. The lowest BCUT2D eigenvalue weighted by molar-refractivity contribution is -0.126. The number of nitrogens with zero attached hydrogens (tertiary/aromatic N) is 2. The van der Waals surface area contributed by atoms with Crippen LogP contribution in [0.4, 0.5) is 4.39 Å². The minimum atomic E-state index is -0.187. The summed E-state index contributed by atoms with van der Waals surface area (Å²) in [6.45, 7) is 3.84. The number of nitrogens with one attached hydrogen (secondary N) is 1. The average molecular weight is 422 g/mol. The summed E-state index contributed by atoms with van der Waals surface area (Å²) in [5, 5.41) is 5.22. The zero-order chi connectivity index (χ0) is 20.1. The topological polar surface area (TPSA) is 44.7 Å². The van der Waals surface area contributed by atoms with Gasteiger partial charge in [-0.1, -0.05) is 47.5 Å². The lowest BCUT2D eigenvalue weighted by Crippen LogP contribution is -2.39. The molecule has 0 aromatic heterocycles. The number of rotatable bonds is 5. The van der Waals surface area contributed by atoms with Crippen LogP contribution in [0.15, 0.2) is 47.6 Å². The van der Waals surface area contributed by atoms with Crippen LogP contribution < -0.4 is 5.43 Å². The SMILES string of the molecule is C/C(=N\NC(=O)C1CCN(Cc2ccccc2F)CC1)c1ccc(Cl)cc1Cl. The van der Waals surface area contributed by atoms with Crippen molar-refractivity contribution in [3.05, 3.63) is 69.5 Å². The van der Waals surface area contributed by atoms with Crippen molar-refractivity contribution >= 4 is 34.8 Å². The summed E-state index contributed by atoms with van der Waals surface area (Å²) in [5.41, 5.74) is 4.68. The molecule has 0 aliphatic carbocycles. The average Bonchev–Trinajstić information content (AvgIpc) is 2.68. The molecular formula is C21H22Cl2FN3O. The van der Waals surface area contributed by atoms with E-state index in [1.807, 2.05) is 6.07 Å². The molecule has 1 amide bonds. The van der Waals surface area contributed by atoms with E-state index in [1.54, 1.807) is 37.3 Å². The van der Waals surface area contributed by atoms with Crippen LogP contribution in [0.1, 0.15) is 30.9 Å². The van der Waals surface area contributed by atoms with Crippen molar-refractivity contribution in [1.82, 2.24) is 10.3 Å². The van der Waals surface area contributed by atoms with Crippen LogP contribution in [0.2, 0.25) is 10.0 Å². The number of amides is 1. The summed E-state index contributed by atoms with van der Waals surface area (Å²) >= 11 is 12.1. The second kappa shape index (κ2) is 9.50. The predicted molar refractivity (Wildman–Crippen MR) is 111 cm³/mol. The highest BCUT2D eigenvalue weighted by molar-refractivity contribution is 6.37. The van der Waals surface area contributed by atoms with Gasteiger partial charge >= 0.3 is 0 Å². The van der Waals surface area contributed by atoms with Gasteiger partial charge in [-0.25, -0.2) is 9.82 Å². The van der Waals surface area contributed by atoms with E-state index in [-0.39, 0.29) is 17.6 Å². The molecule has 3 rings (SSSR count). The number of halogens is 3. The Morgan fingerprint density at radius 3 is 2.61 bits per heavy atom. The van der Waals surface area contributed by atoms with E-state index in [1.165, 1.54) is 6.07 Å². The lowest BCUT2D eigenvalue weighted by atomic mass is 9.96. The van der Waals surface area contributed by atoms with Crippen LogP contribution in [0.5, 0.6) is 0 Å². The summed E-state index contributed by atoms with van der Waals surface area (Å²) in [7, 11) is 0. The van der Waals surface area contributed by atoms with Crippen molar-refractivity contribution in [2.24, 2.45) is 11.0 Å². The highest BCUT2D eigenvalue weighted by atomic mass is 35.5. The van der Waals surface area contributed by atoms with Gasteiger partial charge in [-0.2, -0.15) is 5.10 Å². The molecule has 0 radical (unpaired) electrons. The third-order valence-electron chi connectivity index (χ3n) is 4.96. The summed E-state index contributed by atoms with van der Waals surface area (Å²) in [4.78, 5) is 14.6. The summed E-state index contributed by atoms with van der Waals surface area (Å²) < 4.78 is 13.8. The molecule has 1 saturated heterocycles. The van der Waals surface area contributed by atoms with E-state index in [9.17, 15) is 9.18 Å². The number of benzene rings is 2. The molecule has 0 spiro atoms. The van der Waals surface area contributed by atoms with Gasteiger partial charge in [0.1, 0.15) is 5.82 Å². The molecule has 1 N–H and O–H groups in total. The number of likely N-dealkylation sites (tertiary alicyclic amines) is 1. The van der Waals surface area contributed by atoms with E-state index in [4.69, 9.17) is 23.2 Å². The number of hydrogen-bond donors (Lipinski definition) is 1. The van der Waals surface area contributed by atoms with Crippen LogP contribution in [0.3, 0.4) is 0 Å². The Morgan fingerprint density at radius 1 is 1.21 bits per heavy atom. The van der Waals surface area contributed by atoms with Crippen molar-refractivity contribution in [1.29, 1.82) is 0 Å². The molecule has 2 aromatic rings. The van der Waals surface area contributed by atoms with Gasteiger partial charge in [0.15, 0.2) is 0 Å². The van der Waals surface area contributed by atoms with Gasteiger partial charge in [0.2, 0.25) is 5.91 Å². The Hall–Kier alpha value is -1.95. The number of carbonyl (C=O) groups excluding carboxylic acids is 1. The van der Waals surface area contributed by atoms with E-state index in [2.05, 4.69) is 15.4 Å². The third kappa shape index (κ3) is 5.31. The standard InChI is InChI=1S/C21H22Cl2FN3O/c1-14(18-7-6-17(22)12-19(18)23)25-26-21(28)15-8-10-27(11-9-15)13-16-4-2-3-5-20(16)24/h2-7,12,15H,8-11,13H2,1H3,(H,26,28)/b25-14+. The first kappa shape index (κ1) is 20.8. The zero-order valence-electron chi connectivity index (χ0n) is 15.6. The summed E-state index contributed by atoms with van der Waals surface area (Å²) in [6.07, 6.45) is 1.44. The van der Waals surface area contributed by atoms with Gasteiger partial charge in [-0.15, -0.1) is 0 Å². The predicted octanol–water partition coefficient (Wildman–Crippen LogP) is 4.88. The second-order valence-corrected chi connectivity index (χ2v) is 7.78. The fourth-order valence-electron chi connectivity index (χ4n) is 3.29. The molecule has 0 unspecified atom stereocenters. The number of hydrazone groups is 1. The Balaban J connectivity index is 1.51. The van der Waals surface area contributed by atoms with Gasteiger partial charge < -0.3 is 0 Å². The van der Waals surface area contributed by atoms with Crippen molar-refractivity contribution < 1.29 is 9.18 Å². The van der Waals surface area contributed by atoms with Crippen molar-refractivity contribution in [2.75, 3.05) is 13.1 Å². The van der Waals surface area contributed by atoms with Crippen molar-refractivity contribution in [3.63, 3.8) is 0 Å². The molecule has 1 heterocycles. The molecule has 1 aliphatic heterocycles. The van der Waals surface area contributed by atoms with Crippen LogP contribution >= 0.6 is 23.2 Å². The summed E-state index contributed by atoms with van der Waals surface area (Å²) in [6, 6.07) is 12.0. The normalized spacial score (nSPS) is 16.2. The third-order valence-corrected chi connectivity index (χ3v) is 5.51. The van der Waals surface area contributed by atoms with Gasteiger partial charge in [0, 0.05) is 28.6 Å². The highest BCUT2D eigenvalue weighted by Gasteiger charge is 2.25. The van der Waals surface area contributed by atoms with E-state index < -0.39 is 0 Å². The minimum absolute atomic E-state index is 0.102. The largest absolute Gasteiger partial charge is 0.299 e. The molecule has 148 valence electrons. The van der Waals surface area contributed by atoms with Gasteiger partial charge in [0.05, 0.1) is 10.7 Å². The van der Waals surface area contributed by atoms with Gasteiger partial charge in [0.25, 0.3) is 0 Å². The highest BCUT2D eigenvalue weighted by Crippen LogP contribution is 2.22. The Kier molecular flexibility index (Phi) is 7.05. The maximum atomic E-state index is 13.8. The monoisotopic (exact) mass is 421 g/mol. The Bertz CT molecular complexity index is 880. The van der Waals surface area contributed by atoms with Crippen LogP contribution in [-0.2, 0) is 11.3 Å². The lowest BCUT2D eigenvalue weighted by Gasteiger charge is -2.31. The molecule has 0 atom stereocenters.